The van der Waals surface area contributed by atoms with Crippen molar-refractivity contribution in [3.63, 3.8) is 0 Å². The Morgan fingerprint density at radius 3 is 2.57 bits per heavy atom. The second kappa shape index (κ2) is 11.2. The van der Waals surface area contributed by atoms with Gasteiger partial charge in [-0.3, -0.25) is 9.69 Å². The van der Waals surface area contributed by atoms with Gasteiger partial charge in [0.2, 0.25) is 0 Å². The zero-order valence-electron chi connectivity index (χ0n) is 20.8. The van der Waals surface area contributed by atoms with Gasteiger partial charge in [-0.1, -0.05) is 91.1 Å². The third kappa shape index (κ3) is 5.68. The molecule has 1 aromatic heterocycles. The molecule has 0 atom stereocenters. The number of thiocarbonyl (C=S) groups is 1. The van der Waals surface area contributed by atoms with Gasteiger partial charge in [-0.05, 0) is 49.2 Å². The number of hydrogen-bond donors (Lipinski definition) is 0. The molecule has 0 radical (unpaired) electrons. The number of carbonyl (C=O) groups is 1. The first-order chi connectivity index (χ1) is 18.0. The molecule has 5 rings (SSSR count). The van der Waals surface area contributed by atoms with Crippen LogP contribution in [-0.4, -0.2) is 31.5 Å². The average molecular weight is 526 g/mol. The number of benzene rings is 3. The van der Waals surface area contributed by atoms with Crippen LogP contribution in [0.15, 0.2) is 90.0 Å². The number of nitrogens with zero attached hydrogens (tertiary/aromatic N) is 3. The van der Waals surface area contributed by atoms with Crippen LogP contribution in [0.5, 0.6) is 5.75 Å². The third-order valence-electron chi connectivity index (χ3n) is 6.00. The number of aromatic nitrogens is 2. The third-order valence-corrected chi connectivity index (χ3v) is 7.38. The first kappa shape index (κ1) is 25.0. The molecular weight excluding hydrogens is 498 g/mol. The molecule has 0 saturated carbocycles. The minimum absolute atomic E-state index is 0.0505. The lowest BCUT2D eigenvalue weighted by Gasteiger charge is -2.11. The maximum atomic E-state index is 13.0. The van der Waals surface area contributed by atoms with E-state index >= 15 is 0 Å². The van der Waals surface area contributed by atoms with Gasteiger partial charge in [0, 0.05) is 23.9 Å². The lowest BCUT2D eigenvalue weighted by atomic mass is 10.1. The minimum Gasteiger partial charge on any atom is -0.489 e. The van der Waals surface area contributed by atoms with Crippen molar-refractivity contribution in [2.24, 2.45) is 0 Å². The molecule has 0 unspecified atom stereocenters. The normalized spacial score (nSPS) is 14.5. The molecule has 0 N–H and O–H groups in total. The van der Waals surface area contributed by atoms with E-state index in [-0.39, 0.29) is 5.91 Å². The molecule has 1 saturated heterocycles. The van der Waals surface area contributed by atoms with Gasteiger partial charge >= 0.3 is 0 Å². The average Bonchev–Trinajstić information content (AvgIpc) is 3.46. The van der Waals surface area contributed by atoms with Crippen LogP contribution in [0.1, 0.15) is 30.0 Å². The zero-order valence-corrected chi connectivity index (χ0v) is 22.4. The fraction of sp³-hybridized carbons (Fsp3) is 0.167. The Kier molecular flexibility index (Phi) is 7.53. The van der Waals surface area contributed by atoms with Crippen molar-refractivity contribution in [3.8, 4) is 22.7 Å². The van der Waals surface area contributed by atoms with Gasteiger partial charge in [0.15, 0.2) is 0 Å². The zero-order chi connectivity index (χ0) is 25.8. The minimum atomic E-state index is -0.0505. The van der Waals surface area contributed by atoms with E-state index in [1.165, 1.54) is 17.3 Å². The van der Waals surface area contributed by atoms with E-state index < -0.39 is 0 Å². The highest BCUT2D eigenvalue weighted by atomic mass is 32.2. The predicted molar refractivity (Wildman–Crippen MR) is 155 cm³/mol. The Balaban J connectivity index is 1.49. The number of carbonyl (C=O) groups excluding carboxylic acids is 1. The summed E-state index contributed by atoms with van der Waals surface area (Å²) in [5, 5.41) is 4.91. The molecular formula is C30H27N3O2S2. The molecule has 1 fully saturated rings. The summed E-state index contributed by atoms with van der Waals surface area (Å²) < 4.78 is 8.54. The van der Waals surface area contributed by atoms with Gasteiger partial charge in [0.1, 0.15) is 22.4 Å². The number of rotatable bonds is 8. The Morgan fingerprint density at radius 2 is 1.81 bits per heavy atom. The van der Waals surface area contributed by atoms with Crippen LogP contribution in [-0.2, 0) is 11.4 Å². The largest absolute Gasteiger partial charge is 0.489 e. The standard InChI is InChI=1S/C30H27N3O2S2/c1-3-16-32-29(34)27(37-30(32)36)18-24-19-33(25-9-5-4-6-10-25)31-28(24)23-8-7-11-26(17-23)35-20-22-14-12-21(2)13-15-22/h4-15,17-19H,3,16,20H2,1-2H3. The van der Waals surface area contributed by atoms with Gasteiger partial charge in [-0.2, -0.15) is 5.10 Å². The second-order valence-electron chi connectivity index (χ2n) is 8.85. The van der Waals surface area contributed by atoms with E-state index in [0.29, 0.717) is 22.4 Å². The molecule has 1 aliphatic rings. The Labute approximate surface area is 226 Å². The first-order valence-corrected chi connectivity index (χ1v) is 13.4. The number of hydrogen-bond acceptors (Lipinski definition) is 5. The van der Waals surface area contributed by atoms with Gasteiger partial charge < -0.3 is 4.74 Å². The predicted octanol–water partition coefficient (Wildman–Crippen LogP) is 7.04. The van der Waals surface area contributed by atoms with Crippen molar-refractivity contribution in [2.45, 2.75) is 26.9 Å². The maximum absolute atomic E-state index is 13.0. The summed E-state index contributed by atoms with van der Waals surface area (Å²) in [6.45, 7) is 5.22. The van der Waals surface area contributed by atoms with Crippen molar-refractivity contribution >= 4 is 40.3 Å². The highest BCUT2D eigenvalue weighted by Crippen LogP contribution is 2.35. The monoisotopic (exact) mass is 525 g/mol. The van der Waals surface area contributed by atoms with E-state index in [0.717, 1.165) is 40.2 Å². The van der Waals surface area contributed by atoms with Gasteiger partial charge in [-0.15, -0.1) is 0 Å². The quantitative estimate of drug-likeness (QED) is 0.182. The van der Waals surface area contributed by atoms with E-state index in [1.807, 2.05) is 78.5 Å². The van der Waals surface area contributed by atoms with E-state index in [9.17, 15) is 4.79 Å². The van der Waals surface area contributed by atoms with E-state index in [1.54, 1.807) is 4.90 Å². The number of aryl methyl sites for hydroxylation is 1. The summed E-state index contributed by atoms with van der Waals surface area (Å²) in [5.74, 6) is 0.706. The molecule has 0 bridgehead atoms. The molecule has 0 aliphatic carbocycles. The van der Waals surface area contributed by atoms with Crippen molar-refractivity contribution in [3.05, 3.63) is 107 Å². The van der Waals surface area contributed by atoms with Crippen LogP contribution < -0.4 is 4.74 Å². The van der Waals surface area contributed by atoms with E-state index in [4.69, 9.17) is 22.1 Å². The van der Waals surface area contributed by atoms with Crippen LogP contribution in [0.2, 0.25) is 0 Å². The second-order valence-corrected chi connectivity index (χ2v) is 10.5. The van der Waals surface area contributed by atoms with Crippen LogP contribution in [0.3, 0.4) is 0 Å². The number of para-hydroxylation sites is 1. The van der Waals surface area contributed by atoms with Crippen LogP contribution in [0.4, 0.5) is 0 Å². The summed E-state index contributed by atoms with van der Waals surface area (Å²) >= 11 is 6.81. The highest BCUT2D eigenvalue weighted by Gasteiger charge is 2.31. The number of ether oxygens (including phenoxy) is 1. The van der Waals surface area contributed by atoms with E-state index in [2.05, 4.69) is 31.2 Å². The summed E-state index contributed by atoms with van der Waals surface area (Å²) in [6.07, 6.45) is 4.71. The summed E-state index contributed by atoms with van der Waals surface area (Å²) in [5.41, 5.74) is 5.79. The molecule has 7 heteroatoms. The van der Waals surface area contributed by atoms with Crippen molar-refractivity contribution in [1.29, 1.82) is 0 Å². The topological polar surface area (TPSA) is 47.4 Å². The van der Waals surface area contributed by atoms with Gasteiger partial charge in [-0.25, -0.2) is 4.68 Å². The Morgan fingerprint density at radius 1 is 1.03 bits per heavy atom. The van der Waals surface area contributed by atoms with Crippen LogP contribution in [0, 0.1) is 6.92 Å². The first-order valence-electron chi connectivity index (χ1n) is 12.2. The summed E-state index contributed by atoms with van der Waals surface area (Å²) in [6, 6.07) is 26.2. The lowest BCUT2D eigenvalue weighted by molar-refractivity contribution is -0.122. The van der Waals surface area contributed by atoms with Gasteiger partial charge in [0.05, 0.1) is 10.6 Å². The van der Waals surface area contributed by atoms with Gasteiger partial charge in [0.25, 0.3) is 5.91 Å². The van der Waals surface area contributed by atoms with Crippen LogP contribution >= 0.6 is 24.0 Å². The molecule has 2 heterocycles. The van der Waals surface area contributed by atoms with Crippen LogP contribution in [0.25, 0.3) is 23.0 Å². The maximum Gasteiger partial charge on any atom is 0.266 e. The smallest absolute Gasteiger partial charge is 0.266 e. The Bertz CT molecular complexity index is 1460. The summed E-state index contributed by atoms with van der Waals surface area (Å²) in [4.78, 5) is 15.3. The van der Waals surface area contributed by atoms with Crippen molar-refractivity contribution in [2.75, 3.05) is 6.54 Å². The molecule has 1 aliphatic heterocycles. The summed E-state index contributed by atoms with van der Waals surface area (Å²) in [7, 11) is 0. The molecule has 186 valence electrons. The molecule has 37 heavy (non-hydrogen) atoms. The number of amides is 1. The fourth-order valence-electron chi connectivity index (χ4n) is 4.07. The highest BCUT2D eigenvalue weighted by molar-refractivity contribution is 8.26. The fourth-order valence-corrected chi connectivity index (χ4v) is 5.37. The molecule has 1 amide bonds. The van der Waals surface area contributed by atoms with Crippen molar-refractivity contribution < 1.29 is 9.53 Å². The lowest BCUT2D eigenvalue weighted by Crippen LogP contribution is -2.28. The molecule has 3 aromatic carbocycles. The molecule has 4 aromatic rings. The SMILES string of the molecule is CCCN1C(=O)C(=Cc2cn(-c3ccccc3)nc2-c2cccc(OCc3ccc(C)cc3)c2)SC1=S. The number of thioether (sulfide) groups is 1. The van der Waals surface area contributed by atoms with Crippen molar-refractivity contribution in [1.82, 2.24) is 14.7 Å². The molecule has 5 nitrogen and oxygen atoms in total. The molecule has 0 spiro atoms. The Hall–Kier alpha value is -3.68.